The van der Waals surface area contributed by atoms with Crippen molar-refractivity contribution in [3.63, 3.8) is 0 Å². The molecule has 1 amide bonds. The molecule has 1 rings (SSSR count). The van der Waals surface area contributed by atoms with Gasteiger partial charge in [0.2, 0.25) is 0 Å². The summed E-state index contributed by atoms with van der Waals surface area (Å²) in [5, 5.41) is 3.54. The summed E-state index contributed by atoms with van der Waals surface area (Å²) in [7, 11) is 0. The minimum atomic E-state index is -0.147. The van der Waals surface area contributed by atoms with Crippen molar-refractivity contribution in [2.24, 2.45) is 5.73 Å². The third-order valence-electron chi connectivity index (χ3n) is 3.05. The molecule has 1 atom stereocenters. The Labute approximate surface area is 125 Å². The van der Waals surface area contributed by atoms with Gasteiger partial charge in [0, 0.05) is 17.6 Å². The van der Waals surface area contributed by atoms with Crippen molar-refractivity contribution >= 4 is 17.5 Å². The van der Waals surface area contributed by atoms with Gasteiger partial charge in [0.1, 0.15) is 5.75 Å². The largest absolute Gasteiger partial charge is 0.484 e. The Morgan fingerprint density at radius 1 is 1.50 bits per heavy atom. The van der Waals surface area contributed by atoms with Crippen LogP contribution >= 0.6 is 11.6 Å². The van der Waals surface area contributed by atoms with Gasteiger partial charge >= 0.3 is 0 Å². The molecule has 1 aromatic carbocycles. The first-order valence-electron chi connectivity index (χ1n) is 6.95. The van der Waals surface area contributed by atoms with Gasteiger partial charge in [-0.2, -0.15) is 0 Å². The molecule has 0 spiro atoms. The second-order valence-electron chi connectivity index (χ2n) is 4.84. The van der Waals surface area contributed by atoms with E-state index in [-0.39, 0.29) is 18.6 Å². The molecular weight excluding hydrogens is 276 g/mol. The van der Waals surface area contributed by atoms with Gasteiger partial charge in [-0.05, 0) is 37.1 Å². The molecule has 112 valence electrons. The molecule has 20 heavy (non-hydrogen) atoms. The number of hydrogen-bond donors (Lipinski definition) is 2. The third kappa shape index (κ3) is 5.80. The number of amides is 1. The van der Waals surface area contributed by atoms with Gasteiger partial charge in [-0.25, -0.2) is 0 Å². The van der Waals surface area contributed by atoms with E-state index in [1.165, 1.54) is 0 Å². The molecule has 0 fully saturated rings. The van der Waals surface area contributed by atoms with E-state index >= 15 is 0 Å². The molecule has 3 N–H and O–H groups in total. The number of hydrogen-bond acceptors (Lipinski definition) is 3. The fraction of sp³-hybridized carbons (Fsp3) is 0.533. The van der Waals surface area contributed by atoms with E-state index in [4.69, 9.17) is 22.1 Å². The van der Waals surface area contributed by atoms with Crippen LogP contribution in [0, 0.1) is 6.92 Å². The zero-order valence-electron chi connectivity index (χ0n) is 12.1. The average Bonchev–Trinajstić information content (AvgIpc) is 2.42. The van der Waals surface area contributed by atoms with Crippen LogP contribution < -0.4 is 15.8 Å². The van der Waals surface area contributed by atoms with Crippen LogP contribution in [0.1, 0.15) is 31.7 Å². The van der Waals surface area contributed by atoms with E-state index in [2.05, 4.69) is 12.2 Å². The van der Waals surface area contributed by atoms with Crippen LogP contribution in [0.25, 0.3) is 0 Å². The molecule has 0 bridgehead atoms. The number of halogens is 1. The monoisotopic (exact) mass is 298 g/mol. The van der Waals surface area contributed by atoms with E-state index in [9.17, 15) is 4.79 Å². The number of carbonyl (C=O) groups excluding carboxylic acids is 1. The number of ether oxygens (including phenoxy) is 1. The predicted octanol–water partition coefficient (Wildman–Crippen LogP) is 2.66. The Bertz CT molecular complexity index is 438. The number of rotatable bonds is 8. The second-order valence-corrected chi connectivity index (χ2v) is 5.28. The van der Waals surface area contributed by atoms with Crippen molar-refractivity contribution in [2.45, 2.75) is 39.2 Å². The molecule has 0 aliphatic rings. The van der Waals surface area contributed by atoms with Gasteiger partial charge in [-0.1, -0.05) is 31.4 Å². The fourth-order valence-corrected chi connectivity index (χ4v) is 2.11. The SMILES string of the molecule is CCCCC(CN)NC(=O)COc1ccc(Cl)cc1C. The lowest BCUT2D eigenvalue weighted by molar-refractivity contribution is -0.123. The molecule has 0 heterocycles. The maximum Gasteiger partial charge on any atom is 0.258 e. The van der Waals surface area contributed by atoms with E-state index < -0.39 is 0 Å². The number of nitrogens with two attached hydrogens (primary N) is 1. The lowest BCUT2D eigenvalue weighted by Gasteiger charge is -2.17. The number of benzene rings is 1. The molecular formula is C15H23ClN2O2. The first-order chi connectivity index (χ1) is 9.56. The maximum atomic E-state index is 11.8. The van der Waals surface area contributed by atoms with E-state index in [1.54, 1.807) is 18.2 Å². The highest BCUT2D eigenvalue weighted by atomic mass is 35.5. The number of aryl methyl sites for hydroxylation is 1. The third-order valence-corrected chi connectivity index (χ3v) is 3.29. The molecule has 0 radical (unpaired) electrons. The summed E-state index contributed by atoms with van der Waals surface area (Å²) in [4.78, 5) is 11.8. The fourth-order valence-electron chi connectivity index (χ4n) is 1.89. The van der Waals surface area contributed by atoms with Crippen LogP contribution in [0.3, 0.4) is 0 Å². The van der Waals surface area contributed by atoms with Crippen molar-refractivity contribution < 1.29 is 9.53 Å². The molecule has 0 aliphatic carbocycles. The number of carbonyl (C=O) groups is 1. The first-order valence-corrected chi connectivity index (χ1v) is 7.33. The van der Waals surface area contributed by atoms with Gasteiger partial charge in [-0.15, -0.1) is 0 Å². The minimum absolute atomic E-state index is 0.00883. The molecule has 1 unspecified atom stereocenters. The van der Waals surface area contributed by atoms with Crippen LogP contribution in [-0.4, -0.2) is 25.1 Å². The van der Waals surface area contributed by atoms with Gasteiger partial charge in [0.25, 0.3) is 5.91 Å². The van der Waals surface area contributed by atoms with Gasteiger partial charge < -0.3 is 15.8 Å². The summed E-state index contributed by atoms with van der Waals surface area (Å²) in [6.07, 6.45) is 3.05. The molecule has 0 saturated carbocycles. The zero-order chi connectivity index (χ0) is 15.0. The highest BCUT2D eigenvalue weighted by Crippen LogP contribution is 2.21. The van der Waals surface area contributed by atoms with Gasteiger partial charge in [-0.3, -0.25) is 4.79 Å². The summed E-state index contributed by atoms with van der Waals surface area (Å²) >= 11 is 5.87. The quantitative estimate of drug-likeness (QED) is 0.775. The zero-order valence-corrected chi connectivity index (χ0v) is 12.9. The number of nitrogens with one attached hydrogen (secondary N) is 1. The summed E-state index contributed by atoms with van der Waals surface area (Å²) in [5.41, 5.74) is 6.55. The highest BCUT2D eigenvalue weighted by molar-refractivity contribution is 6.30. The van der Waals surface area contributed by atoms with Crippen LogP contribution in [0.5, 0.6) is 5.75 Å². The Morgan fingerprint density at radius 3 is 2.85 bits per heavy atom. The van der Waals surface area contributed by atoms with Crippen LogP contribution in [0.2, 0.25) is 5.02 Å². The maximum absolute atomic E-state index is 11.8. The van der Waals surface area contributed by atoms with Crippen molar-refractivity contribution in [3.05, 3.63) is 28.8 Å². The highest BCUT2D eigenvalue weighted by Gasteiger charge is 2.11. The molecule has 1 aromatic rings. The second kappa shape index (κ2) is 8.82. The molecule has 0 aromatic heterocycles. The number of unbranched alkanes of at least 4 members (excludes halogenated alkanes) is 1. The van der Waals surface area contributed by atoms with E-state index in [0.29, 0.717) is 17.3 Å². The lowest BCUT2D eigenvalue weighted by Crippen LogP contribution is -2.42. The summed E-state index contributed by atoms with van der Waals surface area (Å²) in [6.45, 7) is 4.45. The minimum Gasteiger partial charge on any atom is -0.484 e. The molecule has 5 heteroatoms. The summed E-state index contributed by atoms with van der Waals surface area (Å²) < 4.78 is 5.49. The Balaban J connectivity index is 2.42. The normalized spacial score (nSPS) is 12.0. The average molecular weight is 299 g/mol. The summed E-state index contributed by atoms with van der Waals surface area (Å²) in [5.74, 6) is 0.522. The topological polar surface area (TPSA) is 64.3 Å². The van der Waals surface area contributed by atoms with E-state index in [0.717, 1.165) is 24.8 Å². The van der Waals surface area contributed by atoms with Crippen molar-refractivity contribution in [2.75, 3.05) is 13.2 Å². The lowest BCUT2D eigenvalue weighted by atomic mass is 10.1. The molecule has 4 nitrogen and oxygen atoms in total. The van der Waals surface area contributed by atoms with Crippen LogP contribution in [0.15, 0.2) is 18.2 Å². The van der Waals surface area contributed by atoms with Gasteiger partial charge in [0.15, 0.2) is 6.61 Å². The van der Waals surface area contributed by atoms with Crippen LogP contribution in [0.4, 0.5) is 0 Å². The Kier molecular flexibility index (Phi) is 7.41. The molecule has 0 aliphatic heterocycles. The summed E-state index contributed by atoms with van der Waals surface area (Å²) in [6, 6.07) is 5.34. The van der Waals surface area contributed by atoms with Crippen molar-refractivity contribution in [3.8, 4) is 5.75 Å². The van der Waals surface area contributed by atoms with Crippen molar-refractivity contribution in [1.29, 1.82) is 0 Å². The van der Waals surface area contributed by atoms with E-state index in [1.807, 2.05) is 6.92 Å². The molecule has 0 saturated heterocycles. The van der Waals surface area contributed by atoms with Crippen molar-refractivity contribution in [1.82, 2.24) is 5.32 Å². The van der Waals surface area contributed by atoms with Crippen LogP contribution in [-0.2, 0) is 4.79 Å². The smallest absolute Gasteiger partial charge is 0.258 e. The first kappa shape index (κ1) is 16.8. The Hall–Kier alpha value is -1.26. The standard InChI is InChI=1S/C15H23ClN2O2/c1-3-4-5-13(9-17)18-15(19)10-20-14-7-6-12(16)8-11(14)2/h6-8,13H,3-5,9-10,17H2,1-2H3,(H,18,19). The predicted molar refractivity (Wildman–Crippen MR) is 82.2 cm³/mol. The Morgan fingerprint density at radius 2 is 2.25 bits per heavy atom. The van der Waals surface area contributed by atoms with Gasteiger partial charge in [0.05, 0.1) is 0 Å².